The number of hydrogen-bond donors (Lipinski definition) is 0. The van der Waals surface area contributed by atoms with E-state index in [0.29, 0.717) is 11.6 Å². The Kier molecular flexibility index (Phi) is 6.33. The molecule has 0 saturated heterocycles. The van der Waals surface area contributed by atoms with Gasteiger partial charge in [0.1, 0.15) is 5.52 Å². The minimum atomic E-state index is 0.0919. The van der Waals surface area contributed by atoms with Crippen molar-refractivity contribution in [2.24, 2.45) is 0 Å². The van der Waals surface area contributed by atoms with Gasteiger partial charge in [-0.3, -0.25) is 4.79 Å². The Bertz CT molecular complexity index is 1250. The molecular weight excluding hydrogens is 416 g/mol. The average molecular weight is 447 g/mol. The molecule has 32 heavy (non-hydrogen) atoms. The zero-order valence-electron chi connectivity index (χ0n) is 19.4. The van der Waals surface area contributed by atoms with E-state index >= 15 is 0 Å². The van der Waals surface area contributed by atoms with Gasteiger partial charge >= 0.3 is 0 Å². The molecule has 2 heterocycles. The molecule has 166 valence electrons. The molecule has 0 bridgehead atoms. The first-order chi connectivity index (χ1) is 15.3. The third-order valence-electron chi connectivity index (χ3n) is 5.66. The molecule has 0 atom stereocenters. The van der Waals surface area contributed by atoms with Gasteiger partial charge in [-0.1, -0.05) is 75.0 Å². The Hall–Kier alpha value is -2.73. The fraction of sp³-hybridized carbons (Fsp3) is 0.385. The summed E-state index contributed by atoms with van der Waals surface area (Å²) in [7, 11) is 0. The second-order valence-electron chi connectivity index (χ2n) is 9.45. The number of ketones is 1. The van der Waals surface area contributed by atoms with E-state index in [1.807, 2.05) is 24.3 Å². The number of carbonyl (C=O) groups is 1. The predicted octanol–water partition coefficient (Wildman–Crippen LogP) is 6.61. The molecule has 4 rings (SSSR count). The first-order valence-electron chi connectivity index (χ1n) is 11.2. The number of carbonyl (C=O) groups excluding carboxylic acids is 1. The molecule has 2 aromatic carbocycles. The Balaban J connectivity index is 1.41. The summed E-state index contributed by atoms with van der Waals surface area (Å²) >= 11 is 1.56. The normalized spacial score (nSPS) is 12.2. The molecule has 0 fully saturated rings. The third-order valence-corrected chi connectivity index (χ3v) is 6.59. The molecule has 5 nitrogen and oxygen atoms in total. The van der Waals surface area contributed by atoms with E-state index in [-0.39, 0.29) is 17.2 Å². The maximum absolute atomic E-state index is 12.6. The zero-order valence-corrected chi connectivity index (χ0v) is 20.2. The molecule has 4 aromatic rings. The van der Waals surface area contributed by atoms with Crippen LogP contribution in [0.4, 0.5) is 0 Å². The van der Waals surface area contributed by atoms with Gasteiger partial charge in [-0.25, -0.2) is 4.98 Å². The Labute approximate surface area is 193 Å². The van der Waals surface area contributed by atoms with Crippen LogP contribution in [0.15, 0.2) is 53.7 Å². The molecular formula is C26H30N4OS. The van der Waals surface area contributed by atoms with Crippen molar-refractivity contribution in [1.29, 1.82) is 0 Å². The van der Waals surface area contributed by atoms with Crippen LogP contribution in [0.3, 0.4) is 0 Å². The number of Topliss-reactive ketones (excluding diaryl/α,β-unsaturated/α-hetero) is 1. The van der Waals surface area contributed by atoms with Gasteiger partial charge in [0.2, 0.25) is 5.16 Å². The van der Waals surface area contributed by atoms with Crippen molar-refractivity contribution in [2.75, 3.05) is 5.75 Å². The average Bonchev–Trinajstić information content (AvgIpc) is 3.10. The van der Waals surface area contributed by atoms with Crippen molar-refractivity contribution >= 4 is 39.6 Å². The maximum atomic E-state index is 12.6. The van der Waals surface area contributed by atoms with Gasteiger partial charge in [0.25, 0.3) is 0 Å². The van der Waals surface area contributed by atoms with Crippen LogP contribution in [-0.4, -0.2) is 31.3 Å². The van der Waals surface area contributed by atoms with Crippen LogP contribution in [0.1, 0.15) is 69.4 Å². The largest absolute Gasteiger partial charge is 0.321 e. The summed E-state index contributed by atoms with van der Waals surface area (Å²) in [5.74, 6) is 0.960. The van der Waals surface area contributed by atoms with E-state index < -0.39 is 0 Å². The van der Waals surface area contributed by atoms with Crippen LogP contribution in [-0.2, 0) is 5.41 Å². The molecule has 0 aliphatic carbocycles. The van der Waals surface area contributed by atoms with Gasteiger partial charge in [-0.05, 0) is 37.3 Å². The fourth-order valence-corrected chi connectivity index (χ4v) is 4.65. The first-order valence-corrected chi connectivity index (χ1v) is 12.1. The lowest BCUT2D eigenvalue weighted by atomic mass is 9.86. The summed E-state index contributed by atoms with van der Waals surface area (Å²) in [4.78, 5) is 17.4. The fourth-order valence-electron chi connectivity index (χ4n) is 3.92. The minimum absolute atomic E-state index is 0.0919. The molecule has 0 unspecified atom stereocenters. The molecule has 2 aromatic heterocycles. The molecule has 0 radical (unpaired) electrons. The van der Waals surface area contributed by atoms with E-state index in [0.717, 1.165) is 39.8 Å². The number of rotatable bonds is 7. The summed E-state index contributed by atoms with van der Waals surface area (Å²) in [5, 5.41) is 10.6. The first kappa shape index (κ1) is 22.5. The van der Waals surface area contributed by atoms with Gasteiger partial charge in [0.15, 0.2) is 11.4 Å². The second-order valence-corrected chi connectivity index (χ2v) is 10.5. The highest BCUT2D eigenvalue weighted by Gasteiger charge is 2.17. The highest BCUT2D eigenvalue weighted by molar-refractivity contribution is 7.99. The molecule has 0 saturated carbocycles. The number of aromatic nitrogens is 4. The van der Waals surface area contributed by atoms with Gasteiger partial charge in [-0.2, -0.15) is 0 Å². The second kappa shape index (κ2) is 9.02. The standard InChI is InChI=1S/C26H30N4OS/c1-17(2)30-21-10-7-6-9-20(21)23-24(30)27-25(29-28-23)32-16-8-11-22(31)18-12-14-19(15-13-18)26(3,4)5/h6-7,9-10,12-15,17H,8,11,16H2,1-5H3. The third kappa shape index (κ3) is 4.56. The van der Waals surface area contributed by atoms with Crippen molar-refractivity contribution < 1.29 is 4.79 Å². The number of thioether (sulfide) groups is 1. The topological polar surface area (TPSA) is 60.7 Å². The summed E-state index contributed by atoms with van der Waals surface area (Å²) < 4.78 is 2.22. The van der Waals surface area contributed by atoms with Crippen LogP contribution >= 0.6 is 11.8 Å². The molecule has 0 N–H and O–H groups in total. The van der Waals surface area contributed by atoms with Crippen molar-refractivity contribution in [2.45, 2.75) is 64.1 Å². The van der Waals surface area contributed by atoms with E-state index in [1.54, 1.807) is 11.8 Å². The number of para-hydroxylation sites is 1. The number of nitrogens with zero attached hydrogens (tertiary/aromatic N) is 4. The van der Waals surface area contributed by atoms with Gasteiger partial charge < -0.3 is 4.57 Å². The van der Waals surface area contributed by atoms with Crippen LogP contribution < -0.4 is 0 Å². The number of benzene rings is 2. The van der Waals surface area contributed by atoms with Crippen molar-refractivity contribution in [3.63, 3.8) is 0 Å². The lowest BCUT2D eigenvalue weighted by Gasteiger charge is -2.18. The van der Waals surface area contributed by atoms with Crippen LogP contribution in [0.25, 0.3) is 22.1 Å². The van der Waals surface area contributed by atoms with Crippen LogP contribution in [0, 0.1) is 0 Å². The summed E-state index contributed by atoms with van der Waals surface area (Å²) in [6.45, 7) is 10.8. The molecule has 0 aliphatic heterocycles. The summed E-state index contributed by atoms with van der Waals surface area (Å²) in [5.41, 5.74) is 4.95. The number of fused-ring (bicyclic) bond motifs is 3. The van der Waals surface area contributed by atoms with E-state index in [1.165, 1.54) is 5.56 Å². The van der Waals surface area contributed by atoms with Crippen molar-refractivity contribution in [3.05, 3.63) is 59.7 Å². The Morgan fingerprint density at radius 2 is 1.75 bits per heavy atom. The zero-order chi connectivity index (χ0) is 22.9. The summed E-state index contributed by atoms with van der Waals surface area (Å²) in [6, 6.07) is 16.5. The van der Waals surface area contributed by atoms with E-state index in [4.69, 9.17) is 4.98 Å². The highest BCUT2D eigenvalue weighted by atomic mass is 32.2. The van der Waals surface area contributed by atoms with E-state index in [9.17, 15) is 4.79 Å². The Morgan fingerprint density at radius 3 is 2.44 bits per heavy atom. The van der Waals surface area contributed by atoms with Gasteiger partial charge in [0, 0.05) is 29.2 Å². The lowest BCUT2D eigenvalue weighted by molar-refractivity contribution is 0.0982. The highest BCUT2D eigenvalue weighted by Crippen LogP contribution is 2.30. The number of hydrogen-bond acceptors (Lipinski definition) is 5. The maximum Gasteiger partial charge on any atom is 0.211 e. The lowest BCUT2D eigenvalue weighted by Crippen LogP contribution is -2.11. The molecule has 6 heteroatoms. The Morgan fingerprint density at radius 1 is 1.03 bits per heavy atom. The molecule has 0 amide bonds. The van der Waals surface area contributed by atoms with Crippen molar-refractivity contribution in [3.8, 4) is 0 Å². The van der Waals surface area contributed by atoms with Crippen LogP contribution in [0.5, 0.6) is 0 Å². The van der Waals surface area contributed by atoms with Gasteiger partial charge in [0.05, 0.1) is 5.52 Å². The smallest absolute Gasteiger partial charge is 0.211 e. The van der Waals surface area contributed by atoms with Crippen LogP contribution in [0.2, 0.25) is 0 Å². The monoisotopic (exact) mass is 446 g/mol. The molecule has 0 aliphatic rings. The van der Waals surface area contributed by atoms with Gasteiger partial charge in [-0.15, -0.1) is 10.2 Å². The predicted molar refractivity (Wildman–Crippen MR) is 133 cm³/mol. The minimum Gasteiger partial charge on any atom is -0.321 e. The van der Waals surface area contributed by atoms with E-state index in [2.05, 4.69) is 73.6 Å². The molecule has 0 spiro atoms. The SMILES string of the molecule is CC(C)n1c2ccccc2c2nnc(SCCCC(=O)c3ccc(C(C)(C)C)cc3)nc21. The summed E-state index contributed by atoms with van der Waals surface area (Å²) in [6.07, 6.45) is 1.29. The quantitative estimate of drug-likeness (QED) is 0.181. The van der Waals surface area contributed by atoms with Crippen molar-refractivity contribution in [1.82, 2.24) is 19.7 Å².